The molecular formula is C24H30O8S. The summed E-state index contributed by atoms with van der Waals surface area (Å²) >= 11 is 1.58. The van der Waals surface area contributed by atoms with Crippen LogP contribution in [0.3, 0.4) is 0 Å². The fourth-order valence-corrected chi connectivity index (χ4v) is 3.28. The van der Waals surface area contributed by atoms with Gasteiger partial charge in [-0.1, -0.05) is 18.7 Å². The Bertz CT molecular complexity index is 854. The van der Waals surface area contributed by atoms with Gasteiger partial charge in [-0.2, -0.15) is 0 Å². The van der Waals surface area contributed by atoms with Gasteiger partial charge in [0.25, 0.3) is 0 Å². The third kappa shape index (κ3) is 10.6. The highest BCUT2D eigenvalue weighted by atomic mass is 32.2. The van der Waals surface area contributed by atoms with Gasteiger partial charge in [-0.05, 0) is 55.0 Å². The van der Waals surface area contributed by atoms with Crippen LogP contribution in [0.2, 0.25) is 0 Å². The lowest BCUT2D eigenvalue weighted by Gasteiger charge is -2.13. The molecule has 33 heavy (non-hydrogen) atoms. The van der Waals surface area contributed by atoms with Crippen LogP contribution in [0.4, 0.5) is 0 Å². The molecule has 0 bridgehead atoms. The average Bonchev–Trinajstić information content (AvgIpc) is 2.84. The molecule has 0 radical (unpaired) electrons. The van der Waals surface area contributed by atoms with E-state index in [9.17, 15) is 19.8 Å². The highest BCUT2D eigenvalue weighted by Crippen LogP contribution is 2.30. The van der Waals surface area contributed by atoms with Crippen molar-refractivity contribution in [3.63, 3.8) is 0 Å². The summed E-state index contributed by atoms with van der Waals surface area (Å²) in [6.07, 6.45) is -0.961. The molecule has 0 spiro atoms. The van der Waals surface area contributed by atoms with Crippen molar-refractivity contribution in [2.45, 2.75) is 48.2 Å². The second-order valence-corrected chi connectivity index (χ2v) is 8.29. The second kappa shape index (κ2) is 14.4. The summed E-state index contributed by atoms with van der Waals surface area (Å²) in [5.74, 6) is 0.211. The fraction of sp³-hybridized carbons (Fsp3) is 0.417. The number of methoxy groups -OCH3 is 1. The summed E-state index contributed by atoms with van der Waals surface area (Å²) in [5, 5.41) is 19.5. The van der Waals surface area contributed by atoms with Gasteiger partial charge in [0.05, 0.1) is 26.1 Å². The molecule has 2 atom stereocenters. The average molecular weight is 479 g/mol. The van der Waals surface area contributed by atoms with E-state index in [2.05, 4.69) is 4.74 Å². The van der Waals surface area contributed by atoms with E-state index in [1.54, 1.807) is 23.9 Å². The number of rotatable bonds is 14. The van der Waals surface area contributed by atoms with Crippen molar-refractivity contribution in [2.24, 2.45) is 0 Å². The van der Waals surface area contributed by atoms with Crippen molar-refractivity contribution >= 4 is 23.7 Å². The molecule has 0 fully saturated rings. The van der Waals surface area contributed by atoms with Gasteiger partial charge in [-0.3, -0.25) is 9.59 Å². The second-order valence-electron chi connectivity index (χ2n) is 7.14. The van der Waals surface area contributed by atoms with E-state index in [1.165, 1.54) is 7.11 Å². The number of hydrogen-bond acceptors (Lipinski definition) is 9. The standard InChI is InChI=1S/C24H30O8S/c1-3-17(25)14-30-19-4-8-21(9-5-19)33-22-10-6-20(7-11-22)31-15-18(26)16-32-24(28)13-12-23(27)29-2/h4-11,17-18,25-26H,3,12-16H2,1-2H3. The molecule has 0 aromatic heterocycles. The molecule has 0 heterocycles. The van der Waals surface area contributed by atoms with Crippen LogP contribution in [0.1, 0.15) is 26.2 Å². The third-order valence-electron chi connectivity index (χ3n) is 4.44. The SMILES string of the molecule is CCC(O)COc1ccc(Sc2ccc(OCC(O)COC(=O)CCC(=O)OC)cc2)cc1. The summed E-state index contributed by atoms with van der Waals surface area (Å²) in [6, 6.07) is 15.0. The van der Waals surface area contributed by atoms with Crippen molar-refractivity contribution in [1.29, 1.82) is 0 Å². The van der Waals surface area contributed by atoms with Gasteiger partial charge in [-0.25, -0.2) is 0 Å². The zero-order chi connectivity index (χ0) is 24.1. The van der Waals surface area contributed by atoms with Crippen LogP contribution in [0.15, 0.2) is 58.3 Å². The predicted octanol–water partition coefficient (Wildman–Crippen LogP) is 3.22. The van der Waals surface area contributed by atoms with Gasteiger partial charge in [0.1, 0.15) is 37.4 Å². The number of hydrogen-bond donors (Lipinski definition) is 2. The number of esters is 2. The first-order chi connectivity index (χ1) is 15.9. The van der Waals surface area contributed by atoms with Crippen LogP contribution in [0.25, 0.3) is 0 Å². The first-order valence-corrected chi connectivity index (χ1v) is 11.4. The Hall–Kier alpha value is -2.75. The quantitative estimate of drug-likeness (QED) is 0.395. The fourth-order valence-electron chi connectivity index (χ4n) is 2.46. The molecule has 0 saturated heterocycles. The number of carbonyl (C=O) groups excluding carboxylic acids is 2. The number of aliphatic hydroxyl groups is 2. The third-order valence-corrected chi connectivity index (χ3v) is 5.45. The Balaban J connectivity index is 1.71. The van der Waals surface area contributed by atoms with E-state index in [0.29, 0.717) is 17.9 Å². The van der Waals surface area contributed by atoms with E-state index < -0.39 is 24.1 Å². The summed E-state index contributed by atoms with van der Waals surface area (Å²) in [4.78, 5) is 24.6. The van der Waals surface area contributed by atoms with Crippen LogP contribution in [0, 0.1) is 0 Å². The van der Waals surface area contributed by atoms with E-state index in [4.69, 9.17) is 14.2 Å². The number of ether oxygens (including phenoxy) is 4. The maximum absolute atomic E-state index is 11.5. The Morgan fingerprint density at radius 3 is 1.76 bits per heavy atom. The lowest BCUT2D eigenvalue weighted by atomic mass is 10.3. The Kier molecular flexibility index (Phi) is 11.6. The molecule has 0 aliphatic heterocycles. The first kappa shape index (κ1) is 26.5. The minimum Gasteiger partial charge on any atom is -0.491 e. The summed E-state index contributed by atoms with van der Waals surface area (Å²) in [5.41, 5.74) is 0. The largest absolute Gasteiger partial charge is 0.491 e. The predicted molar refractivity (Wildman–Crippen MR) is 123 cm³/mol. The number of carbonyl (C=O) groups is 2. The number of benzene rings is 2. The Morgan fingerprint density at radius 1 is 0.788 bits per heavy atom. The Morgan fingerprint density at radius 2 is 1.27 bits per heavy atom. The van der Waals surface area contributed by atoms with E-state index in [1.807, 2.05) is 43.3 Å². The number of aliphatic hydroxyl groups excluding tert-OH is 2. The highest BCUT2D eigenvalue weighted by molar-refractivity contribution is 7.99. The zero-order valence-corrected chi connectivity index (χ0v) is 19.6. The molecule has 2 N–H and O–H groups in total. The smallest absolute Gasteiger partial charge is 0.306 e. The van der Waals surface area contributed by atoms with Crippen molar-refractivity contribution in [1.82, 2.24) is 0 Å². The molecule has 2 aromatic rings. The summed E-state index contributed by atoms with van der Waals surface area (Å²) < 4.78 is 20.4. The van der Waals surface area contributed by atoms with Crippen molar-refractivity contribution < 1.29 is 38.7 Å². The molecule has 180 valence electrons. The minimum absolute atomic E-state index is 0.0367. The van der Waals surface area contributed by atoms with Gasteiger partial charge in [-0.15, -0.1) is 0 Å². The molecule has 0 amide bonds. The normalized spacial score (nSPS) is 12.5. The summed E-state index contributed by atoms with van der Waals surface area (Å²) in [6.45, 7) is 1.92. The molecular weight excluding hydrogens is 448 g/mol. The van der Waals surface area contributed by atoms with Crippen LogP contribution in [0.5, 0.6) is 11.5 Å². The van der Waals surface area contributed by atoms with Crippen LogP contribution >= 0.6 is 11.8 Å². The van der Waals surface area contributed by atoms with E-state index >= 15 is 0 Å². The van der Waals surface area contributed by atoms with E-state index in [0.717, 1.165) is 9.79 Å². The maximum atomic E-state index is 11.5. The minimum atomic E-state index is -0.986. The van der Waals surface area contributed by atoms with Crippen LogP contribution < -0.4 is 9.47 Å². The topological polar surface area (TPSA) is 112 Å². The molecule has 0 saturated carbocycles. The lowest BCUT2D eigenvalue weighted by Crippen LogP contribution is -2.25. The van der Waals surface area contributed by atoms with Gasteiger partial charge < -0.3 is 29.2 Å². The molecule has 0 aliphatic carbocycles. The Labute approximate surface area is 197 Å². The maximum Gasteiger partial charge on any atom is 0.306 e. The molecule has 8 nitrogen and oxygen atoms in total. The van der Waals surface area contributed by atoms with Crippen LogP contribution in [-0.4, -0.2) is 61.3 Å². The van der Waals surface area contributed by atoms with Gasteiger partial charge >= 0.3 is 11.9 Å². The molecule has 0 aliphatic rings. The molecule has 9 heteroatoms. The van der Waals surface area contributed by atoms with Crippen LogP contribution in [-0.2, 0) is 19.1 Å². The van der Waals surface area contributed by atoms with Gasteiger partial charge in [0.15, 0.2) is 0 Å². The molecule has 2 rings (SSSR count). The van der Waals surface area contributed by atoms with Crippen molar-refractivity contribution in [3.8, 4) is 11.5 Å². The van der Waals surface area contributed by atoms with E-state index in [-0.39, 0.29) is 32.7 Å². The molecule has 2 unspecified atom stereocenters. The van der Waals surface area contributed by atoms with Gasteiger partial charge in [0, 0.05) is 9.79 Å². The lowest BCUT2D eigenvalue weighted by molar-refractivity contribution is -0.151. The van der Waals surface area contributed by atoms with Crippen molar-refractivity contribution in [3.05, 3.63) is 48.5 Å². The van der Waals surface area contributed by atoms with Crippen molar-refractivity contribution in [2.75, 3.05) is 26.9 Å². The monoisotopic (exact) mass is 478 g/mol. The van der Waals surface area contributed by atoms with Gasteiger partial charge in [0.2, 0.25) is 0 Å². The summed E-state index contributed by atoms with van der Waals surface area (Å²) in [7, 11) is 1.25. The first-order valence-electron chi connectivity index (χ1n) is 10.6. The molecule has 2 aromatic carbocycles. The zero-order valence-electron chi connectivity index (χ0n) is 18.8. The highest BCUT2D eigenvalue weighted by Gasteiger charge is 2.12.